The van der Waals surface area contributed by atoms with Crippen molar-refractivity contribution < 1.29 is 17.4 Å². The van der Waals surface area contributed by atoms with Gasteiger partial charge >= 0.3 is 0 Å². The first-order chi connectivity index (χ1) is 11.3. The summed E-state index contributed by atoms with van der Waals surface area (Å²) >= 11 is 5.88. The van der Waals surface area contributed by atoms with Crippen LogP contribution in [-0.2, 0) is 22.6 Å². The maximum absolute atomic E-state index is 13.8. The molecule has 3 aromatic rings. The number of nitrogen functional groups attached to an aromatic ring is 1. The fourth-order valence-corrected chi connectivity index (χ4v) is 3.85. The first-order valence-corrected chi connectivity index (χ1v) is 8.47. The number of aromatic nitrogens is 5. The zero-order chi connectivity index (χ0) is 17.5. The van der Waals surface area contributed by atoms with E-state index in [0.717, 1.165) is 10.6 Å². The number of hydrogen-bond acceptors (Lipinski definition) is 8. The van der Waals surface area contributed by atoms with Gasteiger partial charge in [-0.15, -0.1) is 10.2 Å². The summed E-state index contributed by atoms with van der Waals surface area (Å²) < 4.78 is 44.6. The number of rotatable bonds is 4. The smallest absolute Gasteiger partial charge is 0.250 e. The number of anilines is 1. The summed E-state index contributed by atoms with van der Waals surface area (Å²) in [6.45, 7) is 0. The average Bonchev–Trinajstić information content (AvgIpc) is 3.09. The Hall–Kier alpha value is -2.53. The molecule has 0 bridgehead atoms. The number of nitrogens with zero attached hydrogens (tertiary/aromatic N) is 5. The third kappa shape index (κ3) is 2.71. The van der Waals surface area contributed by atoms with Gasteiger partial charge in [0.2, 0.25) is 15.0 Å². The van der Waals surface area contributed by atoms with Crippen molar-refractivity contribution in [3.8, 4) is 11.5 Å². The molecule has 0 saturated heterocycles. The molecule has 0 radical (unpaired) electrons. The minimum atomic E-state index is -4.03. The van der Waals surface area contributed by atoms with Crippen molar-refractivity contribution in [3.63, 3.8) is 0 Å². The van der Waals surface area contributed by atoms with E-state index in [-0.39, 0.29) is 33.1 Å². The normalized spacial score (nSPS) is 11.8. The minimum absolute atomic E-state index is 0.00547. The van der Waals surface area contributed by atoms with E-state index in [1.54, 1.807) is 0 Å². The Morgan fingerprint density at radius 2 is 2.08 bits per heavy atom. The summed E-state index contributed by atoms with van der Waals surface area (Å²) in [5, 5.41) is 13.9. The highest BCUT2D eigenvalue weighted by Gasteiger charge is 2.28. The van der Waals surface area contributed by atoms with Gasteiger partial charge in [0, 0.05) is 17.6 Å². The Bertz CT molecular complexity index is 995. The van der Waals surface area contributed by atoms with Crippen LogP contribution in [0.3, 0.4) is 0 Å². The summed E-state index contributed by atoms with van der Waals surface area (Å²) in [6, 6.07) is 3.91. The molecule has 0 atom stereocenters. The van der Waals surface area contributed by atoms with E-state index >= 15 is 0 Å². The molecule has 12 heteroatoms. The number of nitrogens with two attached hydrogens (primary N) is 1. The summed E-state index contributed by atoms with van der Waals surface area (Å²) in [7, 11) is -2.62. The van der Waals surface area contributed by atoms with Crippen molar-refractivity contribution in [2.45, 2.75) is 10.9 Å². The predicted molar refractivity (Wildman–Crippen MR) is 81.0 cm³/mol. The third-order valence-corrected chi connectivity index (χ3v) is 5.17. The lowest BCUT2D eigenvalue weighted by Crippen LogP contribution is -2.13. The Labute approximate surface area is 140 Å². The SMILES string of the molecule is Cn1c(-c2nonc2N)nnc1S(=O)(=O)Cc1c(F)cccc1Cl. The maximum Gasteiger partial charge on any atom is 0.250 e. The summed E-state index contributed by atoms with van der Waals surface area (Å²) in [5.74, 6) is -1.41. The van der Waals surface area contributed by atoms with Gasteiger partial charge in [-0.1, -0.05) is 17.7 Å². The molecular weight excluding hydrogens is 363 g/mol. The number of benzene rings is 1. The van der Waals surface area contributed by atoms with Crippen LogP contribution in [0, 0.1) is 5.82 Å². The largest absolute Gasteiger partial charge is 0.379 e. The molecule has 2 N–H and O–H groups in total. The molecule has 126 valence electrons. The van der Waals surface area contributed by atoms with Crippen LogP contribution in [0.25, 0.3) is 11.5 Å². The zero-order valence-corrected chi connectivity index (χ0v) is 13.7. The molecule has 9 nitrogen and oxygen atoms in total. The van der Waals surface area contributed by atoms with Crippen molar-refractivity contribution >= 4 is 27.3 Å². The van der Waals surface area contributed by atoms with Gasteiger partial charge < -0.3 is 5.73 Å². The molecule has 2 heterocycles. The Morgan fingerprint density at radius 1 is 1.33 bits per heavy atom. The number of halogens is 2. The zero-order valence-electron chi connectivity index (χ0n) is 12.1. The van der Waals surface area contributed by atoms with E-state index < -0.39 is 21.4 Å². The van der Waals surface area contributed by atoms with Gasteiger partial charge in [0.05, 0.1) is 5.75 Å². The molecule has 0 fully saturated rings. The van der Waals surface area contributed by atoms with E-state index in [2.05, 4.69) is 25.1 Å². The van der Waals surface area contributed by atoms with Crippen LogP contribution in [0.5, 0.6) is 0 Å². The highest BCUT2D eigenvalue weighted by molar-refractivity contribution is 7.90. The van der Waals surface area contributed by atoms with Gasteiger partial charge in [0.1, 0.15) is 5.82 Å². The van der Waals surface area contributed by atoms with Gasteiger partial charge in [0.15, 0.2) is 17.3 Å². The van der Waals surface area contributed by atoms with E-state index in [1.807, 2.05) is 0 Å². The minimum Gasteiger partial charge on any atom is -0.379 e. The summed E-state index contributed by atoms with van der Waals surface area (Å²) in [6.07, 6.45) is 0. The van der Waals surface area contributed by atoms with Crippen LogP contribution in [-0.4, -0.2) is 33.5 Å². The monoisotopic (exact) mass is 372 g/mol. The molecule has 0 amide bonds. The van der Waals surface area contributed by atoms with Crippen LogP contribution >= 0.6 is 11.6 Å². The molecule has 1 aromatic carbocycles. The Kier molecular flexibility index (Phi) is 3.97. The third-order valence-electron chi connectivity index (χ3n) is 3.23. The van der Waals surface area contributed by atoms with E-state index in [0.29, 0.717) is 0 Å². The van der Waals surface area contributed by atoms with Crippen LogP contribution in [0.2, 0.25) is 5.02 Å². The van der Waals surface area contributed by atoms with Crippen LogP contribution in [0.15, 0.2) is 28.0 Å². The molecule has 0 aliphatic rings. The lowest BCUT2D eigenvalue weighted by molar-refractivity contribution is 0.310. The van der Waals surface area contributed by atoms with Gasteiger partial charge in [-0.3, -0.25) is 4.57 Å². The van der Waals surface area contributed by atoms with Gasteiger partial charge in [-0.2, -0.15) is 0 Å². The lowest BCUT2D eigenvalue weighted by Gasteiger charge is -2.07. The molecule has 3 rings (SSSR count). The van der Waals surface area contributed by atoms with E-state index in [4.69, 9.17) is 17.3 Å². The van der Waals surface area contributed by atoms with Crippen molar-refractivity contribution in [3.05, 3.63) is 34.6 Å². The standard InChI is InChI=1S/C12H10ClFN6O3S/c1-20-11(9-10(15)19-23-18-9)16-17-12(20)24(21,22)5-6-7(13)3-2-4-8(6)14/h2-4H,5H2,1H3,(H2,15,19). The summed E-state index contributed by atoms with van der Waals surface area (Å²) in [4.78, 5) is 0. The molecule has 0 aliphatic carbocycles. The van der Waals surface area contributed by atoms with Gasteiger partial charge in [-0.25, -0.2) is 17.4 Å². The molecule has 0 saturated carbocycles. The van der Waals surface area contributed by atoms with Gasteiger partial charge in [-0.05, 0) is 22.4 Å². The van der Waals surface area contributed by atoms with Crippen LogP contribution < -0.4 is 5.73 Å². The lowest BCUT2D eigenvalue weighted by atomic mass is 10.2. The molecule has 2 aromatic heterocycles. The quantitative estimate of drug-likeness (QED) is 0.723. The Morgan fingerprint density at radius 3 is 2.71 bits per heavy atom. The molecule has 0 spiro atoms. The molecule has 24 heavy (non-hydrogen) atoms. The van der Waals surface area contributed by atoms with Crippen molar-refractivity contribution in [2.75, 3.05) is 5.73 Å². The van der Waals surface area contributed by atoms with Crippen LogP contribution in [0.4, 0.5) is 10.2 Å². The number of sulfone groups is 1. The fourth-order valence-electron chi connectivity index (χ4n) is 2.07. The first-order valence-electron chi connectivity index (χ1n) is 6.44. The second-order valence-corrected chi connectivity index (χ2v) is 7.11. The first kappa shape index (κ1) is 16.3. The number of hydrogen-bond donors (Lipinski definition) is 1. The van der Waals surface area contributed by atoms with Crippen molar-refractivity contribution in [2.24, 2.45) is 7.05 Å². The second kappa shape index (κ2) is 5.83. The van der Waals surface area contributed by atoms with Crippen molar-refractivity contribution in [1.29, 1.82) is 0 Å². The van der Waals surface area contributed by atoms with Crippen LogP contribution in [0.1, 0.15) is 5.56 Å². The topological polar surface area (TPSA) is 130 Å². The van der Waals surface area contributed by atoms with Crippen molar-refractivity contribution in [1.82, 2.24) is 25.1 Å². The van der Waals surface area contributed by atoms with E-state index in [9.17, 15) is 12.8 Å². The molecular formula is C12H10ClFN6O3S. The molecule has 0 unspecified atom stereocenters. The molecule has 0 aliphatic heterocycles. The highest BCUT2D eigenvalue weighted by Crippen LogP contribution is 2.26. The highest BCUT2D eigenvalue weighted by atomic mass is 35.5. The second-order valence-electron chi connectivity index (χ2n) is 4.82. The summed E-state index contributed by atoms with van der Waals surface area (Å²) in [5.41, 5.74) is 5.46. The maximum atomic E-state index is 13.8. The van der Waals surface area contributed by atoms with Gasteiger partial charge in [0.25, 0.3) is 0 Å². The average molecular weight is 373 g/mol. The predicted octanol–water partition coefficient (Wildman–Crippen LogP) is 1.21. The van der Waals surface area contributed by atoms with E-state index in [1.165, 1.54) is 19.2 Å². The Balaban J connectivity index is 2.03. The fraction of sp³-hybridized carbons (Fsp3) is 0.167.